The largest absolute Gasteiger partial charge is 0.193 e. The molecular formula is C11H12N4. The lowest BCUT2D eigenvalue weighted by Gasteiger charge is -2.04. The average molecular weight is 200 g/mol. The van der Waals surface area contributed by atoms with Crippen LogP contribution in [0.25, 0.3) is 11.8 Å². The zero-order valence-electron chi connectivity index (χ0n) is 8.43. The van der Waals surface area contributed by atoms with E-state index in [1.807, 2.05) is 0 Å². The van der Waals surface area contributed by atoms with Gasteiger partial charge in [0.05, 0.1) is 5.70 Å². The topological polar surface area (TPSA) is 43.6 Å². The van der Waals surface area contributed by atoms with Gasteiger partial charge >= 0.3 is 0 Å². The molecule has 1 aromatic rings. The van der Waals surface area contributed by atoms with E-state index < -0.39 is 0 Å². The molecule has 0 bridgehead atoms. The summed E-state index contributed by atoms with van der Waals surface area (Å²) in [5, 5.41) is 11.1. The lowest BCUT2D eigenvalue weighted by molar-refractivity contribution is 0.802. The smallest absolute Gasteiger partial charge is 0.179 e. The lowest BCUT2D eigenvalue weighted by Crippen LogP contribution is -2.01. The number of nitrogens with zero attached hydrogens (tertiary/aromatic N) is 4. The van der Waals surface area contributed by atoms with Crippen molar-refractivity contribution in [1.82, 2.24) is 20.2 Å². The van der Waals surface area contributed by atoms with Crippen LogP contribution in [0, 0.1) is 0 Å². The van der Waals surface area contributed by atoms with Crippen molar-refractivity contribution in [2.75, 3.05) is 0 Å². The molecule has 0 atom stereocenters. The summed E-state index contributed by atoms with van der Waals surface area (Å²) in [5.74, 6) is 0.535. The molecule has 0 aliphatic carbocycles. The maximum Gasteiger partial charge on any atom is 0.179 e. The van der Waals surface area contributed by atoms with Crippen LogP contribution in [0.4, 0.5) is 0 Å². The summed E-state index contributed by atoms with van der Waals surface area (Å²) < 4.78 is 1.47. The van der Waals surface area contributed by atoms with Gasteiger partial charge in [-0.3, -0.25) is 0 Å². The predicted molar refractivity (Wildman–Crippen MR) is 61.7 cm³/mol. The van der Waals surface area contributed by atoms with Crippen molar-refractivity contribution in [3.8, 4) is 0 Å². The first-order valence-electron chi connectivity index (χ1n) is 4.29. The maximum absolute atomic E-state index is 3.85. The van der Waals surface area contributed by atoms with Crippen molar-refractivity contribution in [2.45, 2.75) is 0 Å². The maximum atomic E-state index is 3.85. The fourth-order valence-electron chi connectivity index (χ4n) is 0.930. The number of allylic oxidation sites excluding steroid dienone is 5. The molecule has 0 N–H and O–H groups in total. The van der Waals surface area contributed by atoms with Crippen LogP contribution >= 0.6 is 0 Å². The van der Waals surface area contributed by atoms with Crippen LogP contribution in [0.2, 0.25) is 0 Å². The van der Waals surface area contributed by atoms with Crippen LogP contribution in [-0.2, 0) is 0 Å². The van der Waals surface area contributed by atoms with Gasteiger partial charge in [0.2, 0.25) is 0 Å². The van der Waals surface area contributed by atoms with Gasteiger partial charge in [0.25, 0.3) is 0 Å². The highest BCUT2D eigenvalue weighted by atomic mass is 15.5. The molecule has 4 heteroatoms. The first-order valence-corrected chi connectivity index (χ1v) is 4.29. The third kappa shape index (κ3) is 2.37. The molecule has 0 spiro atoms. The Morgan fingerprint density at radius 2 is 2.00 bits per heavy atom. The molecule has 1 rings (SSSR count). The first-order chi connectivity index (χ1) is 7.20. The van der Waals surface area contributed by atoms with Gasteiger partial charge in [0, 0.05) is 0 Å². The van der Waals surface area contributed by atoms with Gasteiger partial charge in [-0.2, -0.15) is 4.68 Å². The monoisotopic (exact) mass is 200 g/mol. The number of rotatable bonds is 5. The van der Waals surface area contributed by atoms with Crippen molar-refractivity contribution in [3.63, 3.8) is 0 Å². The number of aromatic nitrogens is 4. The first kappa shape index (κ1) is 10.8. The van der Waals surface area contributed by atoms with Gasteiger partial charge in [-0.05, 0) is 22.1 Å². The Morgan fingerprint density at radius 1 is 1.27 bits per heavy atom. The molecule has 0 aliphatic rings. The van der Waals surface area contributed by atoms with Gasteiger partial charge in [-0.25, -0.2) is 0 Å². The Bertz CT molecular complexity index is 437. The van der Waals surface area contributed by atoms with Crippen LogP contribution in [-0.4, -0.2) is 20.2 Å². The minimum atomic E-state index is 0.535. The van der Waals surface area contributed by atoms with Crippen molar-refractivity contribution >= 4 is 11.8 Å². The highest BCUT2D eigenvalue weighted by Crippen LogP contribution is 2.13. The molecule has 4 nitrogen and oxygen atoms in total. The Morgan fingerprint density at radius 3 is 2.60 bits per heavy atom. The summed E-state index contributed by atoms with van der Waals surface area (Å²) in [4.78, 5) is 0. The molecule has 15 heavy (non-hydrogen) atoms. The fourth-order valence-corrected chi connectivity index (χ4v) is 0.930. The number of tetrazole rings is 1. The van der Waals surface area contributed by atoms with Gasteiger partial charge in [-0.1, -0.05) is 44.5 Å². The molecule has 0 radical (unpaired) electrons. The summed E-state index contributed by atoms with van der Waals surface area (Å²) in [6.07, 6.45) is 6.76. The number of hydrogen-bond acceptors (Lipinski definition) is 3. The van der Waals surface area contributed by atoms with Gasteiger partial charge < -0.3 is 0 Å². The Hall–Kier alpha value is -2.23. The fraction of sp³-hybridized carbons (Fsp3) is 0. The van der Waals surface area contributed by atoms with E-state index in [-0.39, 0.29) is 0 Å². The predicted octanol–water partition coefficient (Wildman–Crippen LogP) is 2.09. The lowest BCUT2D eigenvalue weighted by atomic mass is 10.2. The third-order valence-electron chi connectivity index (χ3n) is 1.74. The number of hydrogen-bond donors (Lipinski definition) is 0. The molecule has 0 aliphatic heterocycles. The van der Waals surface area contributed by atoms with E-state index in [9.17, 15) is 0 Å². The second-order valence-corrected chi connectivity index (χ2v) is 2.72. The molecular weight excluding hydrogens is 188 g/mol. The minimum absolute atomic E-state index is 0.535. The van der Waals surface area contributed by atoms with E-state index in [1.54, 1.807) is 24.3 Å². The molecule has 0 amide bonds. The molecule has 0 saturated heterocycles. The zero-order chi connectivity index (χ0) is 11.3. The Labute approximate surface area is 88.6 Å². The quantitative estimate of drug-likeness (QED) is 0.683. The normalized spacial score (nSPS) is 10.1. The van der Waals surface area contributed by atoms with Gasteiger partial charge in [0.1, 0.15) is 0 Å². The molecule has 1 heterocycles. The summed E-state index contributed by atoms with van der Waals surface area (Å²) in [7, 11) is 0. The molecule has 1 aromatic heterocycles. The average Bonchev–Trinajstić information content (AvgIpc) is 2.72. The van der Waals surface area contributed by atoms with E-state index in [0.717, 1.165) is 0 Å². The van der Waals surface area contributed by atoms with E-state index in [2.05, 4.69) is 41.8 Å². The van der Waals surface area contributed by atoms with Crippen LogP contribution in [0.5, 0.6) is 0 Å². The van der Waals surface area contributed by atoms with E-state index in [4.69, 9.17) is 0 Å². The van der Waals surface area contributed by atoms with Gasteiger partial charge in [0.15, 0.2) is 5.82 Å². The molecule has 76 valence electrons. The summed E-state index contributed by atoms with van der Waals surface area (Å²) >= 11 is 0. The Balaban J connectivity index is 2.94. The molecule has 0 fully saturated rings. The minimum Gasteiger partial charge on any atom is -0.193 e. The summed E-state index contributed by atoms with van der Waals surface area (Å²) in [6.45, 7) is 14.9. The highest BCUT2D eigenvalue weighted by molar-refractivity contribution is 5.66. The second-order valence-electron chi connectivity index (χ2n) is 2.72. The highest BCUT2D eigenvalue weighted by Gasteiger charge is 2.06. The van der Waals surface area contributed by atoms with Gasteiger partial charge in [-0.15, -0.1) is 5.10 Å². The SMILES string of the molecule is C=C/C=C\C(=C)C(=C)n1nnnc1C=C. The molecule has 0 unspecified atom stereocenters. The zero-order valence-corrected chi connectivity index (χ0v) is 8.43. The van der Waals surface area contributed by atoms with Crippen molar-refractivity contribution < 1.29 is 0 Å². The van der Waals surface area contributed by atoms with E-state index >= 15 is 0 Å². The van der Waals surface area contributed by atoms with Crippen LogP contribution in [0.15, 0.2) is 50.1 Å². The van der Waals surface area contributed by atoms with Crippen LogP contribution < -0.4 is 0 Å². The van der Waals surface area contributed by atoms with Crippen molar-refractivity contribution in [3.05, 3.63) is 55.9 Å². The van der Waals surface area contributed by atoms with E-state index in [0.29, 0.717) is 17.1 Å². The Kier molecular flexibility index (Phi) is 3.51. The summed E-state index contributed by atoms with van der Waals surface area (Å²) in [6, 6.07) is 0. The standard InChI is InChI=1S/C11H12N4/c1-5-7-8-9(3)10(4)15-11(6-2)12-13-14-15/h5-8H,1-4H2/b8-7-. The molecule has 0 saturated carbocycles. The van der Waals surface area contributed by atoms with E-state index in [1.165, 1.54) is 4.68 Å². The molecule has 0 aromatic carbocycles. The second kappa shape index (κ2) is 4.85. The van der Waals surface area contributed by atoms with Crippen molar-refractivity contribution in [1.29, 1.82) is 0 Å². The van der Waals surface area contributed by atoms with Crippen LogP contribution in [0.3, 0.4) is 0 Å². The van der Waals surface area contributed by atoms with Crippen molar-refractivity contribution in [2.24, 2.45) is 0 Å². The van der Waals surface area contributed by atoms with Crippen LogP contribution in [0.1, 0.15) is 5.82 Å². The summed E-state index contributed by atoms with van der Waals surface area (Å²) in [5.41, 5.74) is 1.32. The third-order valence-corrected chi connectivity index (χ3v) is 1.74.